The molecule has 0 aliphatic carbocycles. The van der Waals surface area contributed by atoms with Crippen molar-refractivity contribution in [2.75, 3.05) is 0 Å². The van der Waals surface area contributed by atoms with Crippen LogP contribution in [0.3, 0.4) is 0 Å². The van der Waals surface area contributed by atoms with Crippen LogP contribution in [0.1, 0.15) is 27.2 Å². The third-order valence-corrected chi connectivity index (χ3v) is 6.76. The maximum atomic E-state index is 12.4. The minimum atomic E-state index is -1.00. The van der Waals surface area contributed by atoms with Crippen molar-refractivity contribution in [1.82, 2.24) is 5.32 Å². The second-order valence-electron chi connectivity index (χ2n) is 6.96. The fraction of sp³-hybridized carbons (Fsp3) is 0.0870. The molecule has 0 radical (unpaired) electrons. The number of amidine groups is 1. The van der Waals surface area contributed by atoms with Gasteiger partial charge in [-0.05, 0) is 73.1 Å². The van der Waals surface area contributed by atoms with Crippen LogP contribution < -0.4 is 5.32 Å². The van der Waals surface area contributed by atoms with E-state index in [2.05, 4.69) is 26.2 Å². The lowest BCUT2D eigenvalue weighted by atomic mass is 10.1. The van der Waals surface area contributed by atoms with E-state index in [-0.39, 0.29) is 11.5 Å². The average Bonchev–Trinajstić information content (AvgIpc) is 3.33. The molecule has 1 aliphatic rings. The predicted molar refractivity (Wildman–Crippen MR) is 126 cm³/mol. The Balaban J connectivity index is 1.56. The summed E-state index contributed by atoms with van der Waals surface area (Å²) in [6.45, 7) is 3.99. The number of aryl methyl sites for hydroxylation is 2. The van der Waals surface area contributed by atoms with Crippen LogP contribution in [-0.2, 0) is 4.79 Å². The second-order valence-corrected chi connectivity index (χ2v) is 8.79. The zero-order valence-electron chi connectivity index (χ0n) is 16.6. The SMILES string of the molecule is Cc1cc(N=C2NC(=O)/C(=C\c3ccc(-c4cccc(C(=O)O)c4)o3)S2)cc(C)c1Br. The summed E-state index contributed by atoms with van der Waals surface area (Å²) in [5, 5.41) is 12.4. The predicted octanol–water partition coefficient (Wildman–Crippen LogP) is 5.92. The van der Waals surface area contributed by atoms with Crippen molar-refractivity contribution in [3.05, 3.63) is 80.4 Å². The number of carboxylic acid groups (broad SMARTS) is 1. The van der Waals surface area contributed by atoms with Crippen LogP contribution in [0.2, 0.25) is 0 Å². The van der Waals surface area contributed by atoms with E-state index in [4.69, 9.17) is 9.52 Å². The van der Waals surface area contributed by atoms with Gasteiger partial charge in [-0.15, -0.1) is 0 Å². The monoisotopic (exact) mass is 496 g/mol. The largest absolute Gasteiger partial charge is 0.478 e. The fourth-order valence-corrected chi connectivity index (χ4v) is 4.16. The van der Waals surface area contributed by atoms with Crippen LogP contribution in [0.4, 0.5) is 5.69 Å². The summed E-state index contributed by atoms with van der Waals surface area (Å²) in [5.41, 5.74) is 3.73. The van der Waals surface area contributed by atoms with Gasteiger partial charge in [0.2, 0.25) is 0 Å². The summed E-state index contributed by atoms with van der Waals surface area (Å²) in [5.74, 6) is -0.240. The highest BCUT2D eigenvalue weighted by Gasteiger charge is 2.24. The third kappa shape index (κ3) is 4.65. The Morgan fingerprint density at radius 1 is 1.16 bits per heavy atom. The highest BCUT2D eigenvalue weighted by atomic mass is 79.9. The van der Waals surface area contributed by atoms with Crippen molar-refractivity contribution in [3.63, 3.8) is 0 Å². The Hall–Kier alpha value is -3.10. The van der Waals surface area contributed by atoms with E-state index in [9.17, 15) is 9.59 Å². The lowest BCUT2D eigenvalue weighted by Crippen LogP contribution is -2.19. The van der Waals surface area contributed by atoms with Gasteiger partial charge in [-0.25, -0.2) is 9.79 Å². The van der Waals surface area contributed by atoms with E-state index >= 15 is 0 Å². The van der Waals surface area contributed by atoms with Crippen LogP contribution in [0.5, 0.6) is 0 Å². The van der Waals surface area contributed by atoms with Gasteiger partial charge in [0.05, 0.1) is 16.2 Å². The van der Waals surface area contributed by atoms with Crippen LogP contribution in [-0.4, -0.2) is 22.2 Å². The number of aromatic carboxylic acids is 1. The number of thioether (sulfide) groups is 1. The molecule has 1 aromatic heterocycles. The van der Waals surface area contributed by atoms with Gasteiger partial charge >= 0.3 is 5.97 Å². The van der Waals surface area contributed by atoms with Crippen LogP contribution in [0.25, 0.3) is 17.4 Å². The number of furan rings is 1. The Morgan fingerprint density at radius 2 is 1.90 bits per heavy atom. The number of carbonyl (C=O) groups is 2. The number of hydrogen-bond acceptors (Lipinski definition) is 5. The molecular weight excluding hydrogens is 480 g/mol. The lowest BCUT2D eigenvalue weighted by Gasteiger charge is -2.04. The summed E-state index contributed by atoms with van der Waals surface area (Å²) < 4.78 is 6.85. The lowest BCUT2D eigenvalue weighted by molar-refractivity contribution is -0.115. The van der Waals surface area contributed by atoms with Crippen LogP contribution in [0.15, 0.2) is 67.3 Å². The minimum Gasteiger partial charge on any atom is -0.478 e. The highest BCUT2D eigenvalue weighted by Crippen LogP contribution is 2.32. The van der Waals surface area contributed by atoms with E-state index in [1.807, 2.05) is 26.0 Å². The molecule has 31 heavy (non-hydrogen) atoms. The maximum Gasteiger partial charge on any atom is 0.335 e. The van der Waals surface area contributed by atoms with Crippen molar-refractivity contribution < 1.29 is 19.1 Å². The first-order chi connectivity index (χ1) is 14.8. The van der Waals surface area contributed by atoms with Gasteiger partial charge in [0.1, 0.15) is 11.5 Å². The third-order valence-electron chi connectivity index (χ3n) is 4.60. The Bertz CT molecular complexity index is 1250. The van der Waals surface area contributed by atoms with Gasteiger partial charge in [-0.1, -0.05) is 28.1 Å². The van der Waals surface area contributed by atoms with Gasteiger partial charge in [0.25, 0.3) is 5.91 Å². The molecule has 6 nitrogen and oxygen atoms in total. The maximum absolute atomic E-state index is 12.4. The minimum absolute atomic E-state index is 0.179. The van der Waals surface area contributed by atoms with E-state index < -0.39 is 5.97 Å². The molecule has 0 atom stereocenters. The van der Waals surface area contributed by atoms with E-state index in [0.29, 0.717) is 27.2 Å². The van der Waals surface area contributed by atoms with Gasteiger partial charge in [0.15, 0.2) is 5.17 Å². The van der Waals surface area contributed by atoms with E-state index in [1.54, 1.807) is 36.4 Å². The Morgan fingerprint density at radius 3 is 2.61 bits per heavy atom. The summed E-state index contributed by atoms with van der Waals surface area (Å²) in [4.78, 5) is 28.5. The van der Waals surface area contributed by atoms with Crippen molar-refractivity contribution >= 4 is 56.5 Å². The van der Waals surface area contributed by atoms with E-state index in [1.165, 1.54) is 17.8 Å². The number of benzene rings is 2. The molecule has 0 saturated carbocycles. The van der Waals surface area contributed by atoms with Crippen molar-refractivity contribution in [1.29, 1.82) is 0 Å². The number of carboxylic acids is 1. The number of nitrogens with one attached hydrogen (secondary N) is 1. The number of halogens is 1. The first-order valence-electron chi connectivity index (χ1n) is 9.30. The molecule has 0 spiro atoms. The van der Waals surface area contributed by atoms with Gasteiger partial charge in [-0.3, -0.25) is 4.79 Å². The van der Waals surface area contributed by atoms with Crippen molar-refractivity contribution in [2.45, 2.75) is 13.8 Å². The van der Waals surface area contributed by atoms with Gasteiger partial charge in [0, 0.05) is 16.1 Å². The standard InChI is InChI=1S/C23H17BrN2O4S/c1-12-8-16(9-13(2)20(12)24)25-23-26-21(27)19(31-23)11-17-6-7-18(30-17)14-4-3-5-15(10-14)22(28)29/h3-11H,1-2H3,(H,28,29)(H,25,26,27)/b19-11+. The zero-order chi connectivity index (χ0) is 22.1. The number of rotatable bonds is 4. The summed E-state index contributed by atoms with van der Waals surface area (Å²) in [6, 6.07) is 13.9. The molecule has 1 saturated heterocycles. The van der Waals surface area contributed by atoms with E-state index in [0.717, 1.165) is 21.3 Å². The molecule has 1 fully saturated rings. The highest BCUT2D eigenvalue weighted by molar-refractivity contribution is 9.10. The van der Waals surface area contributed by atoms with Crippen molar-refractivity contribution in [3.8, 4) is 11.3 Å². The normalized spacial score (nSPS) is 16.2. The zero-order valence-corrected chi connectivity index (χ0v) is 19.0. The summed E-state index contributed by atoms with van der Waals surface area (Å²) in [7, 11) is 0. The molecular formula is C23H17BrN2O4S. The first kappa shape index (κ1) is 21.1. The molecule has 1 amide bonds. The van der Waals surface area contributed by atoms with Gasteiger partial charge < -0.3 is 14.8 Å². The molecule has 2 aromatic carbocycles. The summed E-state index contributed by atoms with van der Waals surface area (Å²) in [6.07, 6.45) is 1.64. The quantitative estimate of drug-likeness (QED) is 0.437. The Labute approximate surface area is 191 Å². The molecule has 0 unspecified atom stereocenters. The molecule has 8 heteroatoms. The number of carbonyl (C=O) groups excluding carboxylic acids is 1. The van der Waals surface area contributed by atoms with Gasteiger partial charge in [-0.2, -0.15) is 0 Å². The number of amides is 1. The van der Waals surface area contributed by atoms with Crippen LogP contribution in [0, 0.1) is 13.8 Å². The molecule has 3 aromatic rings. The second kappa shape index (κ2) is 8.56. The van der Waals surface area contributed by atoms with Crippen molar-refractivity contribution in [2.24, 2.45) is 4.99 Å². The summed E-state index contributed by atoms with van der Waals surface area (Å²) >= 11 is 4.78. The number of hydrogen-bond donors (Lipinski definition) is 2. The fourth-order valence-electron chi connectivity index (χ4n) is 3.11. The topological polar surface area (TPSA) is 91.9 Å². The number of aliphatic imine (C=N–C) groups is 1. The molecule has 2 N–H and O–H groups in total. The average molecular weight is 497 g/mol. The molecule has 4 rings (SSSR count). The molecule has 0 bridgehead atoms. The first-order valence-corrected chi connectivity index (χ1v) is 10.9. The molecule has 1 aliphatic heterocycles. The molecule has 2 heterocycles. The van der Waals surface area contributed by atoms with Crippen LogP contribution >= 0.6 is 27.7 Å². The smallest absolute Gasteiger partial charge is 0.335 e. The Kier molecular flexibility index (Phi) is 5.84. The molecule has 156 valence electrons. The number of nitrogens with zero attached hydrogens (tertiary/aromatic N) is 1.